The number of ether oxygens (including phenoxy) is 4. The molecule has 0 aromatic rings. The molecule has 5 N–H and O–H groups in total. The Labute approximate surface area is 339 Å². The summed E-state index contributed by atoms with van der Waals surface area (Å²) < 4.78 is 134. The number of allylic oxidation sites excluding steroid dienone is 2. The number of rotatable bonds is 13. The van der Waals surface area contributed by atoms with Gasteiger partial charge in [-0.3, -0.25) is 9.59 Å². The molecule has 0 spiro atoms. The van der Waals surface area contributed by atoms with E-state index >= 15 is 0 Å². The fraction of sp³-hybridized carbons (Fsp3) is 0.763. The molecule has 51 heavy (non-hydrogen) atoms. The summed E-state index contributed by atoms with van der Waals surface area (Å²) in [7, 11) is 1.51. The smallest absolute Gasteiger partial charge is 0.410 e. The molecule has 0 aromatic heterocycles. The second-order valence-corrected chi connectivity index (χ2v) is 14.7. The molecular formula is C38H88N2O11. The van der Waals surface area contributed by atoms with E-state index < -0.39 is 53.6 Å². The van der Waals surface area contributed by atoms with Crippen molar-refractivity contribution < 1.29 is 87.8 Å². The molecule has 3 rings (SSSR count). The highest BCUT2D eigenvalue weighted by molar-refractivity contribution is 5.70. The highest BCUT2D eigenvalue weighted by Gasteiger charge is 2.47. The number of piperazine rings is 1. The summed E-state index contributed by atoms with van der Waals surface area (Å²) in [5, 5.41) is 44.3. The number of cyclic esters (lactones) is 1. The van der Waals surface area contributed by atoms with Gasteiger partial charge in [-0.25, -0.2) is 4.79 Å². The minimum Gasteiger partial charge on any atom is -0.481 e. The Morgan fingerprint density at radius 1 is 1.33 bits per heavy atom. The number of hydrogen-bond acceptors (Lipinski definition) is 11. The van der Waals surface area contributed by atoms with Gasteiger partial charge in [0.25, 0.3) is 0 Å². The number of nitrogens with one attached hydrogen (secondary N) is 1. The van der Waals surface area contributed by atoms with Crippen LogP contribution < -0.4 is 5.32 Å². The van der Waals surface area contributed by atoms with Gasteiger partial charge < -0.3 is 49.6 Å². The van der Waals surface area contributed by atoms with Gasteiger partial charge in [-0.2, -0.15) is 0 Å². The van der Waals surface area contributed by atoms with Gasteiger partial charge in [0, 0.05) is 91.6 Å². The lowest BCUT2D eigenvalue weighted by Crippen LogP contribution is -2.54. The number of carboxylic acid groups (broad SMARTS) is 1. The zero-order valence-electron chi connectivity index (χ0n) is 52.7. The van der Waals surface area contributed by atoms with Crippen molar-refractivity contribution in [1.29, 1.82) is 0 Å². The molecule has 0 saturated carbocycles. The van der Waals surface area contributed by atoms with Gasteiger partial charge in [-0.05, 0) is 58.1 Å². The van der Waals surface area contributed by atoms with E-state index in [0.29, 0.717) is 44.5 Å². The summed E-state index contributed by atoms with van der Waals surface area (Å²) in [6.45, 7) is 12.3. The number of carboxylic acids is 1. The zero-order chi connectivity index (χ0) is 59.2. The molecule has 1 amide bonds. The Bertz CT molecular complexity index is 1300. The van der Waals surface area contributed by atoms with Crippen LogP contribution >= 0.6 is 0 Å². The third-order valence-corrected chi connectivity index (χ3v) is 10.3. The normalized spacial score (nSPS) is 35.5. The van der Waals surface area contributed by atoms with Crippen molar-refractivity contribution in [2.24, 2.45) is 11.8 Å². The second kappa shape index (κ2) is 19.9. The number of aliphatic carboxylic acids is 1. The standard InChI is InChI=1S/C37H60N2O11.CH4.12H2/c1-8-28(41)25(4)34-29(48-34)21-36(5,46)16-9-10-23(2)33-24(3)11-13-30(37(6,47-7)17-15-27(40)20-32(44)50-33)49-35(45)39-19-18-38-26(22-39)12-14-31(42)43;;;;;;;;;;;;;/h9-11,13,16,24-30,33-34,38,40-41,46H,8,12,14-15,17-22H2,1-7H3,(H,42,43);1H4;12*1H/b13-11+,16-9+,23-10+;;;;;;;;;;;;;/t24-,25+,26+,27+,28-,29+,30-,33+,34+,36-,37+;;;;;;;;;;;;;/m0............./s1/i;;11*1+1D;1+1. The van der Waals surface area contributed by atoms with Crippen molar-refractivity contribution in [3.8, 4) is 0 Å². The van der Waals surface area contributed by atoms with Gasteiger partial charge in [0.15, 0.2) is 6.10 Å². The van der Waals surface area contributed by atoms with E-state index in [9.17, 15) is 29.7 Å². The Kier molecular flexibility index (Phi) is 11.5. The maximum absolute atomic E-state index is 13.5. The van der Waals surface area contributed by atoms with E-state index in [-0.39, 0.29) is 64.6 Å². The van der Waals surface area contributed by atoms with Crippen LogP contribution in [-0.4, -0.2) is 124 Å². The highest BCUT2D eigenvalue weighted by atomic mass is 16.6. The molecule has 3 aliphatic rings. The first-order valence-corrected chi connectivity index (χ1v) is 17.9. The van der Waals surface area contributed by atoms with Crippen molar-refractivity contribution in [2.75, 3.05) is 26.7 Å². The molecule has 0 unspecified atom stereocenters. The maximum atomic E-state index is 13.5. The molecule has 13 nitrogen and oxygen atoms in total. The third kappa shape index (κ3) is 13.6. The summed E-state index contributed by atoms with van der Waals surface area (Å²) in [5.41, 5.74) is -1.50. The lowest BCUT2D eigenvalue weighted by Gasteiger charge is -2.38. The highest BCUT2D eigenvalue weighted by Crippen LogP contribution is 2.37. The van der Waals surface area contributed by atoms with Crippen molar-refractivity contribution in [1.82, 2.24) is 10.2 Å². The SMILES string of the molecule is C.CC[C@H](O)[C@@H](C)[C@H]1O[C@@H]1C[C@@](C)(O)/C=C/C=C(\C)[C@H]1OC(=O)C[C@H](O)CC[C@@](C)(OC)[C@@H](OC(=O)N2CCN[C@H](CCC(=O)O)C2)/C=C/[C@@H]1C.[2HH].[2H][2H].[2H][2H].[2H][2H].[2H][2H].[2H][2H].[2H][2H].[2H][2H].[2H][2H].[2H][2H].[2H][2H].[2H][2H]. The predicted molar refractivity (Wildman–Crippen MR) is 218 cm³/mol. The Morgan fingerprint density at radius 3 is 2.69 bits per heavy atom. The van der Waals surface area contributed by atoms with Crippen LogP contribution in [-0.2, 0) is 28.5 Å². The largest absolute Gasteiger partial charge is 0.481 e. The lowest BCUT2D eigenvalue weighted by atomic mass is 9.88. The van der Waals surface area contributed by atoms with Gasteiger partial charge in [0.05, 0.1) is 36.4 Å². The molecule has 316 valence electrons. The van der Waals surface area contributed by atoms with Crippen molar-refractivity contribution in [2.45, 2.75) is 148 Å². The first-order valence-electron chi connectivity index (χ1n) is 28.9. The predicted octanol–water partition coefficient (Wildman–Crippen LogP) is 7.09. The first-order chi connectivity index (χ1) is 34.5. The number of aliphatic hydroxyl groups excluding tert-OH is 2. The van der Waals surface area contributed by atoms with Crippen LogP contribution in [0.5, 0.6) is 0 Å². The fourth-order valence-corrected chi connectivity index (χ4v) is 6.67. The van der Waals surface area contributed by atoms with E-state index in [2.05, 4.69) is 5.32 Å². The zero-order valence-corrected chi connectivity index (χ0v) is 30.7. The molecule has 11 atom stereocenters. The number of carbonyl (C=O) groups excluding carboxylic acids is 2. The van der Waals surface area contributed by atoms with Gasteiger partial charge in [-0.1, -0.05) is 52.5 Å². The molecule has 2 fully saturated rings. The fourth-order valence-electron chi connectivity index (χ4n) is 6.67. The summed E-state index contributed by atoms with van der Waals surface area (Å²) in [6.07, 6.45) is 6.52. The number of methoxy groups -OCH3 is 1. The Balaban J connectivity index is -0.000000162. The molecule has 3 aliphatic heterocycles. The van der Waals surface area contributed by atoms with Crippen LogP contribution in [0.3, 0.4) is 0 Å². The molecule has 3 heterocycles. The van der Waals surface area contributed by atoms with E-state index in [1.54, 1.807) is 43.1 Å². The molecule has 0 radical (unpaired) electrons. The number of amides is 1. The number of epoxide rings is 1. The van der Waals surface area contributed by atoms with Gasteiger partial charge in [0.2, 0.25) is 0 Å². The average Bonchev–Trinajstić information content (AvgIpc) is 4.20. The second-order valence-electron chi connectivity index (χ2n) is 14.7. The Morgan fingerprint density at radius 2 is 2.04 bits per heavy atom. The van der Waals surface area contributed by atoms with Crippen LogP contribution in [0.25, 0.3) is 0 Å². The quantitative estimate of drug-likeness (QED) is 0.0555. The first kappa shape index (κ1) is 29.6. The number of hydrogen-bond donors (Lipinski definition) is 5. The third-order valence-electron chi connectivity index (χ3n) is 10.3. The van der Waals surface area contributed by atoms with Crippen LogP contribution in [0, 0.1) is 11.8 Å². The number of esters is 1. The molecule has 0 aromatic carbocycles. The van der Waals surface area contributed by atoms with Gasteiger partial charge in [0.1, 0.15) is 11.7 Å². The average molecular weight is 772 g/mol. The van der Waals surface area contributed by atoms with E-state index in [1.165, 1.54) is 7.11 Å². The monoisotopic (exact) mass is 772 g/mol. The topological polar surface area (TPSA) is 188 Å². The van der Waals surface area contributed by atoms with Crippen molar-refractivity contribution >= 4 is 18.0 Å². The molecule has 13 heteroatoms. The molecule has 2 saturated heterocycles. The summed E-state index contributed by atoms with van der Waals surface area (Å²) in [5.74, 6) is -1.85. The van der Waals surface area contributed by atoms with Crippen LogP contribution in [0.2, 0.25) is 0 Å². The van der Waals surface area contributed by atoms with E-state index in [4.69, 9.17) is 56.7 Å². The van der Waals surface area contributed by atoms with Crippen molar-refractivity contribution in [3.63, 3.8) is 0 Å². The maximum Gasteiger partial charge on any atom is 0.410 e. The van der Waals surface area contributed by atoms with Crippen molar-refractivity contribution in [3.05, 3.63) is 36.0 Å². The minimum absolute atomic E-state index is 0. The van der Waals surface area contributed by atoms with Crippen LogP contribution in [0.1, 0.15) is 128 Å². The number of carbonyl (C=O) groups is 3. The summed E-state index contributed by atoms with van der Waals surface area (Å²) in [6, 6.07) is -0.173. The van der Waals surface area contributed by atoms with Crippen LogP contribution in [0.4, 0.5) is 4.79 Å². The van der Waals surface area contributed by atoms with E-state index in [1.807, 2.05) is 33.8 Å². The lowest BCUT2D eigenvalue weighted by molar-refractivity contribution is -0.151. The number of nitrogens with zero attached hydrogens (tertiary/aromatic N) is 1. The summed E-state index contributed by atoms with van der Waals surface area (Å²) in [4.78, 5) is 39.0. The van der Waals surface area contributed by atoms with Gasteiger partial charge in [-0.15, -0.1) is 0 Å². The summed E-state index contributed by atoms with van der Waals surface area (Å²) >= 11 is 0. The van der Waals surface area contributed by atoms with E-state index in [0.717, 1.165) is 0 Å². The number of aliphatic hydroxyl groups is 3. The molecule has 0 aliphatic carbocycles. The molecule has 0 bridgehead atoms. The van der Waals surface area contributed by atoms with Crippen LogP contribution in [0.15, 0.2) is 36.0 Å². The minimum atomic E-state index is -1.17. The molecular weight excluding hydrogens is 660 g/mol. The van der Waals surface area contributed by atoms with Gasteiger partial charge >= 0.3 is 18.0 Å². The Hall–Kier alpha value is -2.81.